The molecule has 1 amide bonds. The molecule has 2 atom stereocenters. The Balaban J connectivity index is 2.50. The quantitative estimate of drug-likeness (QED) is 0.458. The third kappa shape index (κ3) is 2.13. The maximum atomic E-state index is 11.3. The van der Waals surface area contributed by atoms with Crippen LogP contribution < -0.4 is 0 Å². The smallest absolute Gasteiger partial charge is 0.223 e. The molecule has 0 bridgehead atoms. The average Bonchev–Trinajstić information content (AvgIpc) is 2.03. The van der Waals surface area contributed by atoms with Gasteiger partial charge < -0.3 is 4.90 Å². The van der Waals surface area contributed by atoms with E-state index in [9.17, 15) is 4.79 Å². The van der Waals surface area contributed by atoms with Gasteiger partial charge in [0.15, 0.2) is 0 Å². The Labute approximate surface area is 78.9 Å². The van der Waals surface area contributed by atoms with Crippen molar-refractivity contribution in [1.82, 2.24) is 4.90 Å². The van der Waals surface area contributed by atoms with E-state index in [1.807, 2.05) is 6.92 Å². The van der Waals surface area contributed by atoms with Crippen molar-refractivity contribution in [1.29, 1.82) is 0 Å². The zero-order valence-corrected chi connectivity index (χ0v) is 8.47. The number of piperidine rings is 1. The first kappa shape index (κ1) is 9.85. The fraction of sp³-hybridized carbons (Fsp3) is 0.889. The Kier molecular flexibility index (Phi) is 3.39. The van der Waals surface area contributed by atoms with Gasteiger partial charge in [-0.25, -0.2) is 0 Å². The number of carbonyl (C=O) groups excluding carboxylic acids is 1. The zero-order chi connectivity index (χ0) is 9.14. The van der Waals surface area contributed by atoms with Crippen LogP contribution in [0.3, 0.4) is 0 Å². The van der Waals surface area contributed by atoms with Gasteiger partial charge in [-0.1, -0.05) is 25.4 Å². The van der Waals surface area contributed by atoms with E-state index >= 15 is 0 Å². The van der Waals surface area contributed by atoms with Gasteiger partial charge in [0.1, 0.15) is 5.50 Å². The number of amides is 1. The van der Waals surface area contributed by atoms with Gasteiger partial charge in [-0.05, 0) is 18.8 Å². The average molecular weight is 190 g/mol. The summed E-state index contributed by atoms with van der Waals surface area (Å²) in [6.07, 6.45) is 2.60. The molecule has 70 valence electrons. The molecule has 0 saturated carbocycles. The Morgan fingerprint density at radius 2 is 2.33 bits per heavy atom. The minimum atomic E-state index is -0.0683. The number of rotatable bonds is 1. The summed E-state index contributed by atoms with van der Waals surface area (Å²) in [6, 6.07) is 0. The Morgan fingerprint density at radius 1 is 1.67 bits per heavy atom. The minimum absolute atomic E-state index is 0.0683. The lowest BCUT2D eigenvalue weighted by Crippen LogP contribution is -2.42. The van der Waals surface area contributed by atoms with Crippen LogP contribution >= 0.6 is 11.6 Å². The Hall–Kier alpha value is -0.240. The predicted octanol–water partition coefficient (Wildman–Crippen LogP) is 2.22. The molecule has 2 nitrogen and oxygen atoms in total. The number of hydrogen-bond donors (Lipinski definition) is 0. The van der Waals surface area contributed by atoms with E-state index in [1.165, 1.54) is 0 Å². The van der Waals surface area contributed by atoms with Crippen LogP contribution in [0.15, 0.2) is 0 Å². The van der Waals surface area contributed by atoms with Crippen LogP contribution in [-0.2, 0) is 4.79 Å². The highest BCUT2D eigenvalue weighted by molar-refractivity contribution is 6.21. The number of halogens is 1. The van der Waals surface area contributed by atoms with Gasteiger partial charge >= 0.3 is 0 Å². The van der Waals surface area contributed by atoms with E-state index in [4.69, 9.17) is 11.6 Å². The van der Waals surface area contributed by atoms with Crippen LogP contribution in [0.5, 0.6) is 0 Å². The third-order valence-electron chi connectivity index (χ3n) is 2.42. The van der Waals surface area contributed by atoms with Crippen LogP contribution in [0, 0.1) is 5.92 Å². The molecule has 3 heteroatoms. The molecule has 1 rings (SSSR count). The summed E-state index contributed by atoms with van der Waals surface area (Å²) in [7, 11) is 0. The summed E-state index contributed by atoms with van der Waals surface area (Å²) in [4.78, 5) is 13.1. The molecule has 1 heterocycles. The van der Waals surface area contributed by atoms with Crippen molar-refractivity contribution >= 4 is 17.5 Å². The van der Waals surface area contributed by atoms with Gasteiger partial charge in [-0.3, -0.25) is 4.79 Å². The second-order valence-electron chi connectivity index (χ2n) is 3.50. The van der Waals surface area contributed by atoms with Crippen LogP contribution in [0.2, 0.25) is 0 Å². The zero-order valence-electron chi connectivity index (χ0n) is 7.72. The van der Waals surface area contributed by atoms with E-state index in [0.29, 0.717) is 12.3 Å². The first-order valence-electron chi connectivity index (χ1n) is 4.58. The first-order chi connectivity index (χ1) is 5.65. The number of nitrogens with zero attached hydrogens (tertiary/aromatic N) is 1. The first-order valence-corrected chi connectivity index (χ1v) is 5.02. The monoisotopic (exact) mass is 189 g/mol. The summed E-state index contributed by atoms with van der Waals surface area (Å²) >= 11 is 6.06. The Morgan fingerprint density at radius 3 is 2.83 bits per heavy atom. The molecule has 1 fully saturated rings. The highest BCUT2D eigenvalue weighted by atomic mass is 35.5. The van der Waals surface area contributed by atoms with E-state index in [2.05, 4.69) is 6.92 Å². The molecule has 0 aromatic rings. The molecule has 2 unspecified atom stereocenters. The topological polar surface area (TPSA) is 20.3 Å². The fourth-order valence-corrected chi connectivity index (χ4v) is 2.07. The minimum Gasteiger partial charge on any atom is -0.326 e. The summed E-state index contributed by atoms with van der Waals surface area (Å²) in [5.41, 5.74) is -0.0683. The molecule has 0 N–H and O–H groups in total. The van der Waals surface area contributed by atoms with E-state index < -0.39 is 0 Å². The molecule has 0 aromatic heterocycles. The highest BCUT2D eigenvalue weighted by Gasteiger charge is 2.26. The molecule has 1 aliphatic heterocycles. The van der Waals surface area contributed by atoms with Gasteiger partial charge in [0, 0.05) is 13.0 Å². The molecule has 12 heavy (non-hydrogen) atoms. The van der Waals surface area contributed by atoms with Crippen LogP contribution in [0.4, 0.5) is 0 Å². The van der Waals surface area contributed by atoms with Crippen LogP contribution in [0.1, 0.15) is 33.1 Å². The second kappa shape index (κ2) is 4.13. The standard InChI is InChI=1S/C9H16ClNO/c1-3-9(12)11-5-4-7(2)6-8(11)10/h7-8H,3-6H2,1-2H3. The van der Waals surface area contributed by atoms with Crippen LogP contribution in [0.25, 0.3) is 0 Å². The van der Waals surface area contributed by atoms with Gasteiger partial charge in [0.25, 0.3) is 0 Å². The van der Waals surface area contributed by atoms with E-state index in [0.717, 1.165) is 19.4 Å². The molecule has 1 aliphatic rings. The molecular formula is C9H16ClNO. The lowest BCUT2D eigenvalue weighted by atomic mass is 9.99. The SMILES string of the molecule is CCC(=O)N1CCC(C)CC1Cl. The van der Waals surface area contributed by atoms with Crippen molar-refractivity contribution in [2.45, 2.75) is 38.6 Å². The molecule has 0 spiro atoms. The Bertz CT molecular complexity index is 172. The van der Waals surface area contributed by atoms with E-state index in [1.54, 1.807) is 4.90 Å². The number of likely N-dealkylation sites (tertiary alicyclic amines) is 1. The van der Waals surface area contributed by atoms with Crippen molar-refractivity contribution in [2.24, 2.45) is 5.92 Å². The lowest BCUT2D eigenvalue weighted by molar-refractivity contribution is -0.133. The summed E-state index contributed by atoms with van der Waals surface area (Å²) in [5.74, 6) is 0.843. The molecule has 0 aromatic carbocycles. The van der Waals surface area contributed by atoms with Crippen molar-refractivity contribution in [2.75, 3.05) is 6.54 Å². The largest absolute Gasteiger partial charge is 0.326 e. The normalized spacial score (nSPS) is 30.4. The van der Waals surface area contributed by atoms with Crippen molar-refractivity contribution in [3.63, 3.8) is 0 Å². The van der Waals surface area contributed by atoms with Crippen molar-refractivity contribution in [3.8, 4) is 0 Å². The molecule has 0 aliphatic carbocycles. The maximum Gasteiger partial charge on any atom is 0.223 e. The highest BCUT2D eigenvalue weighted by Crippen LogP contribution is 2.25. The summed E-state index contributed by atoms with van der Waals surface area (Å²) in [6.45, 7) is 4.90. The molecule has 0 radical (unpaired) electrons. The maximum absolute atomic E-state index is 11.3. The molecular weight excluding hydrogens is 174 g/mol. The lowest BCUT2D eigenvalue weighted by Gasteiger charge is -2.34. The van der Waals surface area contributed by atoms with Crippen LogP contribution in [-0.4, -0.2) is 22.9 Å². The van der Waals surface area contributed by atoms with Gasteiger partial charge in [0.2, 0.25) is 5.91 Å². The predicted molar refractivity (Wildman–Crippen MR) is 50.0 cm³/mol. The fourth-order valence-electron chi connectivity index (χ4n) is 1.56. The number of hydrogen-bond acceptors (Lipinski definition) is 1. The van der Waals surface area contributed by atoms with Gasteiger partial charge in [-0.15, -0.1) is 0 Å². The second-order valence-corrected chi connectivity index (χ2v) is 4.01. The van der Waals surface area contributed by atoms with Gasteiger partial charge in [0.05, 0.1) is 0 Å². The van der Waals surface area contributed by atoms with Gasteiger partial charge in [-0.2, -0.15) is 0 Å². The number of carbonyl (C=O) groups is 1. The number of alkyl halides is 1. The molecule has 1 saturated heterocycles. The summed E-state index contributed by atoms with van der Waals surface area (Å²) in [5, 5.41) is 0. The van der Waals surface area contributed by atoms with Crippen molar-refractivity contribution < 1.29 is 4.79 Å². The summed E-state index contributed by atoms with van der Waals surface area (Å²) < 4.78 is 0. The third-order valence-corrected chi connectivity index (χ3v) is 2.83. The van der Waals surface area contributed by atoms with Crippen molar-refractivity contribution in [3.05, 3.63) is 0 Å². The van der Waals surface area contributed by atoms with E-state index in [-0.39, 0.29) is 11.4 Å².